The van der Waals surface area contributed by atoms with Crippen LogP contribution in [-0.4, -0.2) is 52.5 Å². The number of nitrogens with two attached hydrogens (primary N) is 1. The third-order valence-electron chi connectivity index (χ3n) is 5.69. The Kier molecular flexibility index (Phi) is 6.30. The molecule has 0 saturated heterocycles. The molecular weight excluding hydrogens is 386 g/mol. The van der Waals surface area contributed by atoms with E-state index in [9.17, 15) is 9.59 Å². The highest BCUT2D eigenvalue weighted by Crippen LogP contribution is 2.34. The van der Waals surface area contributed by atoms with Crippen LogP contribution < -0.4 is 22.1 Å². The maximum atomic E-state index is 13.1. The van der Waals surface area contributed by atoms with Crippen LogP contribution >= 0.6 is 0 Å². The van der Waals surface area contributed by atoms with E-state index >= 15 is 0 Å². The molecule has 0 spiro atoms. The van der Waals surface area contributed by atoms with Crippen LogP contribution in [0.25, 0.3) is 11.3 Å². The molecule has 1 aliphatic heterocycles. The smallest absolute Gasteiger partial charge is 0.271 e. The third-order valence-corrected chi connectivity index (χ3v) is 5.69. The summed E-state index contributed by atoms with van der Waals surface area (Å²) >= 11 is 0. The van der Waals surface area contributed by atoms with Crippen molar-refractivity contribution in [1.29, 1.82) is 0 Å². The molecule has 10 heteroatoms. The van der Waals surface area contributed by atoms with Crippen LogP contribution in [0, 0.1) is 5.92 Å². The maximum absolute atomic E-state index is 13.1. The first-order valence-electron chi connectivity index (χ1n) is 10.0. The van der Waals surface area contributed by atoms with Gasteiger partial charge in [0.15, 0.2) is 0 Å². The van der Waals surface area contributed by atoms with Crippen LogP contribution in [0.4, 0.5) is 5.69 Å². The zero-order valence-electron chi connectivity index (χ0n) is 18.4. The number of nitrogens with zero attached hydrogens (tertiary/aromatic N) is 4. The average Bonchev–Trinajstić information content (AvgIpc) is 3.28. The Morgan fingerprint density at radius 2 is 2.10 bits per heavy atom. The van der Waals surface area contributed by atoms with Crippen LogP contribution in [0.2, 0.25) is 0 Å². The summed E-state index contributed by atoms with van der Waals surface area (Å²) in [4.78, 5) is 27.5. The second-order valence-corrected chi connectivity index (χ2v) is 8.03. The Hall–Kier alpha value is -2.69. The van der Waals surface area contributed by atoms with Gasteiger partial charge in [0.25, 0.3) is 11.5 Å². The number of likely N-dealkylation sites (N-methyl/N-ethyl adjacent to an activating group) is 1. The van der Waals surface area contributed by atoms with Gasteiger partial charge in [-0.15, -0.1) is 0 Å². The van der Waals surface area contributed by atoms with Crippen molar-refractivity contribution in [3.05, 3.63) is 33.9 Å². The van der Waals surface area contributed by atoms with E-state index in [1.807, 2.05) is 6.92 Å². The van der Waals surface area contributed by atoms with Crippen LogP contribution in [0.1, 0.15) is 49.0 Å². The molecule has 2 aromatic heterocycles. The molecule has 2 aromatic rings. The fourth-order valence-electron chi connectivity index (χ4n) is 3.44. The molecular formula is C20H31N7O3. The summed E-state index contributed by atoms with van der Waals surface area (Å²) in [6, 6.07) is 1.71. The fourth-order valence-corrected chi connectivity index (χ4v) is 3.44. The highest BCUT2D eigenvalue weighted by molar-refractivity contribution is 5.94. The lowest BCUT2D eigenvalue weighted by molar-refractivity contribution is 0.0733. The first-order valence-corrected chi connectivity index (χ1v) is 10.0. The second-order valence-electron chi connectivity index (χ2n) is 8.03. The van der Waals surface area contributed by atoms with Gasteiger partial charge < -0.3 is 25.4 Å². The van der Waals surface area contributed by atoms with Crippen molar-refractivity contribution in [1.82, 2.24) is 24.7 Å². The average molecular weight is 418 g/mol. The van der Waals surface area contributed by atoms with Gasteiger partial charge in [-0.3, -0.25) is 14.3 Å². The first-order chi connectivity index (χ1) is 14.2. The molecule has 2 atom stereocenters. The van der Waals surface area contributed by atoms with Gasteiger partial charge in [0.1, 0.15) is 11.9 Å². The van der Waals surface area contributed by atoms with Crippen molar-refractivity contribution >= 4 is 11.6 Å². The Morgan fingerprint density at radius 1 is 1.40 bits per heavy atom. The van der Waals surface area contributed by atoms with E-state index in [4.69, 9.17) is 10.5 Å². The van der Waals surface area contributed by atoms with Gasteiger partial charge in [-0.2, -0.15) is 5.10 Å². The Labute approximate surface area is 176 Å². The predicted molar refractivity (Wildman–Crippen MR) is 115 cm³/mol. The predicted octanol–water partition coefficient (Wildman–Crippen LogP) is 1.07. The summed E-state index contributed by atoms with van der Waals surface area (Å²) in [5.74, 6) is 0.0963. The molecule has 4 N–H and O–H groups in total. The van der Waals surface area contributed by atoms with E-state index in [2.05, 4.69) is 29.8 Å². The number of methoxy groups -OCH3 is 1. The van der Waals surface area contributed by atoms with Crippen LogP contribution in [-0.2, 0) is 11.8 Å². The van der Waals surface area contributed by atoms with Gasteiger partial charge >= 0.3 is 0 Å². The number of hydrazine groups is 1. The summed E-state index contributed by atoms with van der Waals surface area (Å²) < 4.78 is 8.31. The van der Waals surface area contributed by atoms with Gasteiger partial charge in [-0.1, -0.05) is 13.8 Å². The third kappa shape index (κ3) is 3.85. The Balaban J connectivity index is 2.10. The summed E-state index contributed by atoms with van der Waals surface area (Å²) in [5, 5.41) is 4.56. The zero-order valence-corrected chi connectivity index (χ0v) is 18.4. The lowest BCUT2D eigenvalue weighted by Crippen LogP contribution is -2.33. The Bertz CT molecular complexity index is 995. The van der Waals surface area contributed by atoms with Crippen LogP contribution in [0.5, 0.6) is 0 Å². The van der Waals surface area contributed by atoms with Crippen molar-refractivity contribution in [3.63, 3.8) is 0 Å². The van der Waals surface area contributed by atoms with E-state index in [1.54, 1.807) is 47.6 Å². The minimum Gasteiger partial charge on any atom is -0.383 e. The molecule has 0 saturated carbocycles. The molecule has 1 unspecified atom stereocenters. The lowest BCUT2D eigenvalue weighted by atomic mass is 10.0. The van der Waals surface area contributed by atoms with Gasteiger partial charge in [0, 0.05) is 45.6 Å². The number of amides is 1. The Morgan fingerprint density at radius 3 is 2.73 bits per heavy atom. The molecule has 0 fully saturated rings. The monoisotopic (exact) mass is 417 g/mol. The van der Waals surface area contributed by atoms with Crippen molar-refractivity contribution in [2.75, 3.05) is 32.7 Å². The quantitative estimate of drug-likeness (QED) is 0.616. The molecule has 3 rings (SSSR count). The van der Waals surface area contributed by atoms with Crippen molar-refractivity contribution < 1.29 is 9.53 Å². The number of hydrogen-bond donors (Lipinski definition) is 3. The van der Waals surface area contributed by atoms with Crippen LogP contribution in [0.3, 0.4) is 0 Å². The van der Waals surface area contributed by atoms with Crippen LogP contribution in [0.15, 0.2) is 17.1 Å². The minimum atomic E-state index is -0.622. The van der Waals surface area contributed by atoms with Gasteiger partial charge in [-0.25, -0.2) is 5.43 Å². The molecule has 1 amide bonds. The molecule has 0 aliphatic carbocycles. The number of carbonyl (C=O) groups is 1. The number of anilines is 1. The topological polar surface area (TPSA) is 119 Å². The maximum Gasteiger partial charge on any atom is 0.271 e. The van der Waals surface area contributed by atoms with Crippen molar-refractivity contribution in [3.8, 4) is 11.3 Å². The highest BCUT2D eigenvalue weighted by atomic mass is 16.5. The zero-order chi connectivity index (χ0) is 22.2. The van der Waals surface area contributed by atoms with Gasteiger partial charge in [0.2, 0.25) is 0 Å². The lowest BCUT2D eigenvalue weighted by Gasteiger charge is -2.21. The number of nitrogens with one attached hydrogen (secondary N) is 2. The fraction of sp³-hybridized carbons (Fsp3) is 0.550. The van der Waals surface area contributed by atoms with E-state index < -0.39 is 6.17 Å². The number of rotatable bonds is 7. The number of carbonyl (C=O) groups excluding carboxylic acids is 1. The minimum absolute atomic E-state index is 0.0284. The molecule has 1 aliphatic rings. The molecule has 30 heavy (non-hydrogen) atoms. The van der Waals surface area contributed by atoms with Crippen molar-refractivity contribution in [2.24, 2.45) is 18.7 Å². The molecule has 164 valence electrons. The number of hydrogen-bond acceptors (Lipinski definition) is 7. The molecule has 0 bridgehead atoms. The van der Waals surface area contributed by atoms with E-state index in [0.717, 1.165) is 0 Å². The number of aromatic nitrogens is 3. The SMILES string of the molecule is COCCN(C)C(=O)c1cc(-c2cn([C@@H](C)C(C)C)c(=O)c3c2NNC3N)nn1C. The van der Waals surface area contributed by atoms with Gasteiger partial charge in [-0.05, 0) is 18.9 Å². The van der Waals surface area contributed by atoms with Gasteiger partial charge in [0.05, 0.1) is 23.6 Å². The number of ether oxygens (including phenoxy) is 1. The summed E-state index contributed by atoms with van der Waals surface area (Å²) in [7, 11) is 5.05. The number of aryl methyl sites for hydroxylation is 1. The normalized spacial score (nSPS) is 16.5. The molecule has 0 radical (unpaired) electrons. The molecule has 0 aromatic carbocycles. The molecule has 10 nitrogen and oxygen atoms in total. The standard InChI is InChI=1S/C20H31N7O3/c1-11(2)12(3)27-10-13(17-16(20(27)29)18(21)23-22-17)14-9-15(26(5)24-14)19(28)25(4)7-8-30-6/h9-12,18,22-23H,7-8,21H2,1-6H3/t12-,18?/m0/s1. The first kappa shape index (κ1) is 22.0. The van der Waals surface area contributed by atoms with E-state index in [-0.39, 0.29) is 23.4 Å². The number of fused-ring (bicyclic) bond motifs is 1. The van der Waals surface area contributed by atoms with E-state index in [1.165, 1.54) is 0 Å². The van der Waals surface area contributed by atoms with E-state index in [0.29, 0.717) is 41.4 Å². The summed E-state index contributed by atoms with van der Waals surface area (Å²) in [5.41, 5.74) is 14.7. The molecule has 3 heterocycles. The summed E-state index contributed by atoms with van der Waals surface area (Å²) in [6.07, 6.45) is 1.17. The summed E-state index contributed by atoms with van der Waals surface area (Å²) in [6.45, 7) is 7.05. The number of pyridine rings is 1. The largest absolute Gasteiger partial charge is 0.383 e. The van der Waals surface area contributed by atoms with Crippen molar-refractivity contribution in [2.45, 2.75) is 33.0 Å². The highest BCUT2D eigenvalue weighted by Gasteiger charge is 2.30. The second kappa shape index (κ2) is 8.58.